The van der Waals surface area contributed by atoms with Gasteiger partial charge in [0.05, 0.1) is 23.7 Å². The third kappa shape index (κ3) is 3.39. The van der Waals surface area contributed by atoms with Crippen LogP contribution in [0.15, 0.2) is 29.3 Å². The fourth-order valence-corrected chi connectivity index (χ4v) is 2.82. The minimum absolute atomic E-state index is 0.236. The summed E-state index contributed by atoms with van der Waals surface area (Å²) in [5.41, 5.74) is 8.08. The Morgan fingerprint density at radius 1 is 1.50 bits per heavy atom. The van der Waals surface area contributed by atoms with Crippen molar-refractivity contribution in [2.45, 2.75) is 32.4 Å². The second-order valence-electron chi connectivity index (χ2n) is 5.59. The second-order valence-corrected chi connectivity index (χ2v) is 5.59. The van der Waals surface area contributed by atoms with Gasteiger partial charge in [-0.15, -0.1) is 0 Å². The zero-order valence-electron chi connectivity index (χ0n) is 13.0. The minimum Gasteiger partial charge on any atom is -0.376 e. The van der Waals surface area contributed by atoms with Gasteiger partial charge in [0.25, 0.3) is 0 Å². The lowest BCUT2D eigenvalue weighted by molar-refractivity contribution is 0.118. The van der Waals surface area contributed by atoms with E-state index in [1.54, 1.807) is 0 Å². The van der Waals surface area contributed by atoms with Crippen LogP contribution in [0.4, 0.5) is 0 Å². The molecule has 1 atom stereocenters. The number of imidazole rings is 1. The number of aryl methyl sites for hydroxylation is 1. The Hall–Kier alpha value is -2.08. The molecule has 22 heavy (non-hydrogen) atoms. The molecule has 0 amide bonds. The normalized spacial score (nSPS) is 19.0. The summed E-state index contributed by atoms with van der Waals surface area (Å²) < 4.78 is 7.72. The van der Waals surface area contributed by atoms with E-state index in [0.717, 1.165) is 49.4 Å². The average Bonchev–Trinajstić information content (AvgIpc) is 3.13. The zero-order chi connectivity index (χ0) is 15.4. The van der Waals surface area contributed by atoms with Gasteiger partial charge in [0.1, 0.15) is 5.82 Å². The van der Waals surface area contributed by atoms with Crippen LogP contribution < -0.4 is 11.1 Å². The van der Waals surface area contributed by atoms with Gasteiger partial charge < -0.3 is 20.4 Å². The predicted molar refractivity (Wildman–Crippen MR) is 87.9 cm³/mol. The molecule has 0 bridgehead atoms. The molecule has 6 heteroatoms. The number of ether oxygens (including phenoxy) is 1. The van der Waals surface area contributed by atoms with Crippen LogP contribution in [0, 0.1) is 6.92 Å². The third-order valence-electron chi connectivity index (χ3n) is 3.98. The Labute approximate surface area is 130 Å². The van der Waals surface area contributed by atoms with E-state index in [2.05, 4.69) is 25.9 Å². The number of hydrogen-bond acceptors (Lipinski definition) is 3. The topological polar surface area (TPSA) is 77.5 Å². The van der Waals surface area contributed by atoms with Gasteiger partial charge in [0.2, 0.25) is 0 Å². The summed E-state index contributed by atoms with van der Waals surface area (Å²) in [5, 5.41) is 3.16. The van der Waals surface area contributed by atoms with Crippen LogP contribution in [0.1, 0.15) is 18.7 Å². The first-order valence-electron chi connectivity index (χ1n) is 7.81. The van der Waals surface area contributed by atoms with E-state index in [0.29, 0.717) is 12.5 Å². The van der Waals surface area contributed by atoms with Crippen LogP contribution in [0.5, 0.6) is 0 Å². The van der Waals surface area contributed by atoms with Crippen LogP contribution >= 0.6 is 0 Å². The first-order chi connectivity index (χ1) is 10.7. The smallest absolute Gasteiger partial charge is 0.188 e. The number of nitrogens with zero attached hydrogens (tertiary/aromatic N) is 3. The monoisotopic (exact) mass is 301 g/mol. The van der Waals surface area contributed by atoms with Gasteiger partial charge in [-0.2, -0.15) is 0 Å². The summed E-state index contributed by atoms with van der Waals surface area (Å²) in [7, 11) is 0. The van der Waals surface area contributed by atoms with Gasteiger partial charge in [-0.3, -0.25) is 4.99 Å². The van der Waals surface area contributed by atoms with Crippen LogP contribution in [-0.2, 0) is 11.3 Å². The molecule has 0 saturated carbocycles. The highest BCUT2D eigenvalue weighted by Gasteiger charge is 2.14. The molecular weight excluding hydrogens is 278 g/mol. The molecule has 6 nitrogen and oxygen atoms in total. The maximum absolute atomic E-state index is 5.90. The van der Waals surface area contributed by atoms with Crippen molar-refractivity contribution >= 4 is 17.0 Å². The number of para-hydroxylation sites is 2. The molecule has 0 spiro atoms. The Balaban J connectivity index is 1.53. The second kappa shape index (κ2) is 6.79. The van der Waals surface area contributed by atoms with Crippen molar-refractivity contribution in [3.05, 3.63) is 30.1 Å². The lowest BCUT2D eigenvalue weighted by Gasteiger charge is -2.10. The molecule has 3 N–H and O–H groups in total. The molecule has 118 valence electrons. The molecule has 1 aromatic carbocycles. The minimum atomic E-state index is 0.236. The van der Waals surface area contributed by atoms with Crippen molar-refractivity contribution in [3.63, 3.8) is 0 Å². The lowest BCUT2D eigenvalue weighted by Crippen LogP contribution is -2.35. The number of rotatable bonds is 5. The summed E-state index contributed by atoms with van der Waals surface area (Å²) in [6, 6.07) is 8.16. The van der Waals surface area contributed by atoms with Crippen molar-refractivity contribution in [2.75, 3.05) is 19.7 Å². The molecule has 0 aliphatic carbocycles. The summed E-state index contributed by atoms with van der Waals surface area (Å²) >= 11 is 0. The van der Waals surface area contributed by atoms with E-state index in [1.165, 1.54) is 0 Å². The number of guanidine groups is 1. The molecule has 1 fully saturated rings. The molecule has 3 rings (SSSR count). The van der Waals surface area contributed by atoms with E-state index in [4.69, 9.17) is 10.5 Å². The summed E-state index contributed by atoms with van der Waals surface area (Å²) in [6.45, 7) is 5.05. The summed E-state index contributed by atoms with van der Waals surface area (Å²) in [6.07, 6.45) is 2.44. The fourth-order valence-electron chi connectivity index (χ4n) is 2.82. The van der Waals surface area contributed by atoms with E-state index in [-0.39, 0.29) is 6.10 Å². The van der Waals surface area contributed by atoms with Crippen molar-refractivity contribution in [1.82, 2.24) is 14.9 Å². The largest absolute Gasteiger partial charge is 0.376 e. The number of nitrogens with two attached hydrogens (primary N) is 1. The highest BCUT2D eigenvalue weighted by Crippen LogP contribution is 2.14. The van der Waals surface area contributed by atoms with Gasteiger partial charge >= 0.3 is 0 Å². The summed E-state index contributed by atoms with van der Waals surface area (Å²) in [4.78, 5) is 8.90. The molecule has 1 aromatic heterocycles. The van der Waals surface area contributed by atoms with Crippen LogP contribution in [-0.4, -0.2) is 41.3 Å². The number of fused-ring (bicyclic) bond motifs is 1. The van der Waals surface area contributed by atoms with Gasteiger partial charge in [-0.1, -0.05) is 12.1 Å². The van der Waals surface area contributed by atoms with E-state index in [9.17, 15) is 0 Å². The fraction of sp³-hybridized carbons (Fsp3) is 0.500. The summed E-state index contributed by atoms with van der Waals surface area (Å²) in [5.74, 6) is 1.50. The number of nitrogens with one attached hydrogen (secondary N) is 1. The molecular formula is C16H23N5O. The Kier molecular flexibility index (Phi) is 4.58. The Morgan fingerprint density at radius 2 is 2.36 bits per heavy atom. The molecule has 1 aliphatic rings. The third-order valence-corrected chi connectivity index (χ3v) is 3.98. The SMILES string of the molecule is Cc1nc2ccccc2n1CCNC(N)=NCC1CCCO1. The Morgan fingerprint density at radius 3 is 3.18 bits per heavy atom. The average molecular weight is 301 g/mol. The van der Waals surface area contributed by atoms with Crippen molar-refractivity contribution in [1.29, 1.82) is 0 Å². The van der Waals surface area contributed by atoms with Gasteiger partial charge in [0, 0.05) is 19.7 Å². The number of benzene rings is 1. The van der Waals surface area contributed by atoms with E-state index >= 15 is 0 Å². The quantitative estimate of drug-likeness (QED) is 0.647. The first-order valence-corrected chi connectivity index (χ1v) is 7.81. The van der Waals surface area contributed by atoms with Gasteiger partial charge in [-0.25, -0.2) is 4.98 Å². The maximum atomic E-state index is 5.90. The van der Waals surface area contributed by atoms with Gasteiger partial charge in [0.15, 0.2) is 5.96 Å². The van der Waals surface area contributed by atoms with Crippen LogP contribution in [0.2, 0.25) is 0 Å². The van der Waals surface area contributed by atoms with Crippen molar-refractivity contribution in [3.8, 4) is 0 Å². The highest BCUT2D eigenvalue weighted by atomic mass is 16.5. The highest BCUT2D eigenvalue weighted by molar-refractivity contribution is 5.78. The number of hydrogen-bond donors (Lipinski definition) is 2. The van der Waals surface area contributed by atoms with Crippen molar-refractivity contribution < 1.29 is 4.74 Å². The van der Waals surface area contributed by atoms with E-state index < -0.39 is 0 Å². The van der Waals surface area contributed by atoms with Crippen LogP contribution in [0.25, 0.3) is 11.0 Å². The molecule has 1 saturated heterocycles. The molecule has 2 aromatic rings. The molecule has 1 aliphatic heterocycles. The van der Waals surface area contributed by atoms with Crippen molar-refractivity contribution in [2.24, 2.45) is 10.7 Å². The number of aliphatic imine (C=N–C) groups is 1. The standard InChI is InChI=1S/C16H23N5O/c1-12-20-14-6-2-3-7-15(14)21(12)9-8-18-16(17)19-11-13-5-4-10-22-13/h2-3,6-7,13H,4-5,8-11H2,1H3,(H3,17,18,19). The molecule has 1 unspecified atom stereocenters. The van der Waals surface area contributed by atoms with Gasteiger partial charge in [-0.05, 0) is 31.9 Å². The zero-order valence-corrected chi connectivity index (χ0v) is 13.0. The molecule has 0 radical (unpaired) electrons. The predicted octanol–water partition coefficient (Wildman–Crippen LogP) is 1.43. The number of aromatic nitrogens is 2. The lowest BCUT2D eigenvalue weighted by atomic mass is 10.2. The van der Waals surface area contributed by atoms with Crippen LogP contribution in [0.3, 0.4) is 0 Å². The maximum Gasteiger partial charge on any atom is 0.188 e. The molecule has 2 heterocycles. The first kappa shape index (κ1) is 14.8. The Bertz CT molecular complexity index is 658. The van der Waals surface area contributed by atoms with E-state index in [1.807, 2.05) is 25.1 Å².